The molecule has 1 aromatic carbocycles. The first kappa shape index (κ1) is 22.1. The van der Waals surface area contributed by atoms with Crippen molar-refractivity contribution in [2.45, 2.75) is 24.7 Å². The third-order valence-electron chi connectivity index (χ3n) is 5.57. The van der Waals surface area contributed by atoms with Crippen molar-refractivity contribution >= 4 is 27.7 Å². The van der Waals surface area contributed by atoms with E-state index in [9.17, 15) is 18.0 Å². The van der Waals surface area contributed by atoms with E-state index in [4.69, 9.17) is 4.74 Å². The molecule has 3 heterocycles. The van der Waals surface area contributed by atoms with Gasteiger partial charge in [-0.25, -0.2) is 4.68 Å². The topological polar surface area (TPSA) is 71.4 Å². The maximum atomic E-state index is 13.8. The van der Waals surface area contributed by atoms with Gasteiger partial charge in [-0.3, -0.25) is 9.69 Å². The minimum Gasteiger partial charge on any atom is -0.379 e. The highest BCUT2D eigenvalue weighted by atomic mass is 79.9. The summed E-state index contributed by atoms with van der Waals surface area (Å²) in [5, 5.41) is 9.80. The molecule has 0 saturated carbocycles. The summed E-state index contributed by atoms with van der Waals surface area (Å²) in [5.74, 6) is -0.357. The molecule has 4 rings (SSSR count). The Kier molecular flexibility index (Phi) is 6.54. The lowest BCUT2D eigenvalue weighted by molar-refractivity contribution is -0.173. The van der Waals surface area contributed by atoms with Crippen molar-refractivity contribution in [3.63, 3.8) is 0 Å². The molecule has 1 aromatic heterocycles. The van der Waals surface area contributed by atoms with Gasteiger partial charge in [0.25, 0.3) is 5.91 Å². The number of ether oxygens (including phenoxy) is 1. The molecule has 0 bridgehead atoms. The zero-order valence-corrected chi connectivity index (χ0v) is 18.2. The molecular formula is C20H23BrF3N5O2. The lowest BCUT2D eigenvalue weighted by atomic mass is 9.96. The number of morpholine rings is 1. The van der Waals surface area contributed by atoms with Gasteiger partial charge in [0.05, 0.1) is 25.5 Å². The van der Waals surface area contributed by atoms with Crippen LogP contribution in [0.1, 0.15) is 34.4 Å². The standard InChI is InChI=1S/C20H23BrF3N5O2/c21-14-3-1-13(2-4-14)16-11-17(20(22,23)24)29-18(27-16)15(12-26-29)19(30)25-5-6-28-7-9-31-10-8-28/h1-4,12,16-17,27H,5-11H2,(H,25,30)/t16-,17+/m1/s1. The highest BCUT2D eigenvalue weighted by Gasteiger charge is 2.47. The van der Waals surface area contributed by atoms with Gasteiger partial charge in [-0.15, -0.1) is 0 Å². The summed E-state index contributed by atoms with van der Waals surface area (Å²) in [6.45, 7) is 3.95. The molecule has 1 fully saturated rings. The van der Waals surface area contributed by atoms with E-state index < -0.39 is 24.2 Å². The van der Waals surface area contributed by atoms with Gasteiger partial charge in [0.15, 0.2) is 6.04 Å². The van der Waals surface area contributed by atoms with E-state index in [2.05, 4.69) is 36.6 Å². The number of anilines is 1. The number of fused-ring (bicyclic) bond motifs is 1. The number of nitrogens with one attached hydrogen (secondary N) is 2. The third kappa shape index (κ3) is 5.04. The van der Waals surface area contributed by atoms with E-state index in [-0.39, 0.29) is 17.8 Å². The van der Waals surface area contributed by atoms with Crippen LogP contribution >= 0.6 is 15.9 Å². The normalized spacial score (nSPS) is 21.9. The number of hydrogen-bond donors (Lipinski definition) is 2. The van der Waals surface area contributed by atoms with Crippen molar-refractivity contribution in [2.24, 2.45) is 0 Å². The lowest BCUT2D eigenvalue weighted by Gasteiger charge is -2.34. The first-order valence-electron chi connectivity index (χ1n) is 10.1. The van der Waals surface area contributed by atoms with Crippen molar-refractivity contribution < 1.29 is 22.7 Å². The van der Waals surface area contributed by atoms with E-state index in [1.807, 2.05) is 0 Å². The average Bonchev–Trinajstić information content (AvgIpc) is 3.17. The van der Waals surface area contributed by atoms with Gasteiger partial charge in [0.1, 0.15) is 11.4 Å². The van der Waals surface area contributed by atoms with Gasteiger partial charge in [0, 0.05) is 37.1 Å². The van der Waals surface area contributed by atoms with Gasteiger partial charge in [-0.2, -0.15) is 18.3 Å². The first-order chi connectivity index (χ1) is 14.8. The van der Waals surface area contributed by atoms with Crippen LogP contribution < -0.4 is 10.6 Å². The number of carbonyl (C=O) groups excluding carboxylic acids is 1. The van der Waals surface area contributed by atoms with Crippen LogP contribution in [0.25, 0.3) is 0 Å². The number of carbonyl (C=O) groups is 1. The summed E-state index contributed by atoms with van der Waals surface area (Å²) in [6, 6.07) is 4.69. The first-order valence-corrected chi connectivity index (χ1v) is 10.9. The number of alkyl halides is 3. The van der Waals surface area contributed by atoms with Crippen molar-refractivity contribution in [1.29, 1.82) is 0 Å². The summed E-state index contributed by atoms with van der Waals surface area (Å²) >= 11 is 3.34. The summed E-state index contributed by atoms with van der Waals surface area (Å²) in [4.78, 5) is 14.9. The third-order valence-corrected chi connectivity index (χ3v) is 6.10. The SMILES string of the molecule is O=C(NCCN1CCOCC1)c1cnn2c1N[C@@H](c1ccc(Br)cc1)C[C@H]2C(F)(F)F. The quantitative estimate of drug-likeness (QED) is 0.657. The van der Waals surface area contributed by atoms with E-state index in [0.717, 1.165) is 22.2 Å². The highest BCUT2D eigenvalue weighted by Crippen LogP contribution is 2.44. The Hall–Kier alpha value is -2.11. The molecule has 0 spiro atoms. The summed E-state index contributed by atoms with van der Waals surface area (Å²) in [6.07, 6.45) is -3.49. The van der Waals surface area contributed by atoms with Crippen molar-refractivity contribution in [3.05, 3.63) is 46.1 Å². The van der Waals surface area contributed by atoms with Crippen LogP contribution in [0.15, 0.2) is 34.9 Å². The molecule has 2 aliphatic rings. The molecule has 2 atom stereocenters. The highest BCUT2D eigenvalue weighted by molar-refractivity contribution is 9.10. The molecule has 2 aliphatic heterocycles. The number of nitrogens with zero attached hydrogens (tertiary/aromatic N) is 3. The van der Waals surface area contributed by atoms with Crippen molar-refractivity contribution in [3.8, 4) is 0 Å². The van der Waals surface area contributed by atoms with E-state index in [0.29, 0.717) is 31.9 Å². The van der Waals surface area contributed by atoms with Crippen LogP contribution in [-0.2, 0) is 4.74 Å². The van der Waals surface area contributed by atoms with Gasteiger partial charge in [-0.05, 0) is 17.7 Å². The van der Waals surface area contributed by atoms with Crippen molar-refractivity contribution in [2.75, 3.05) is 44.7 Å². The second-order valence-corrected chi connectivity index (χ2v) is 8.52. The number of benzene rings is 1. The Balaban J connectivity index is 1.51. The molecule has 2 aromatic rings. The van der Waals surface area contributed by atoms with Crippen LogP contribution in [0.5, 0.6) is 0 Å². The monoisotopic (exact) mass is 501 g/mol. The molecule has 1 saturated heterocycles. The Morgan fingerprint density at radius 2 is 1.97 bits per heavy atom. The molecule has 168 valence electrons. The van der Waals surface area contributed by atoms with Crippen LogP contribution in [-0.4, -0.2) is 66.2 Å². The fraction of sp³-hybridized carbons (Fsp3) is 0.500. The van der Waals surface area contributed by atoms with Crippen LogP contribution in [0.4, 0.5) is 19.0 Å². The number of amides is 1. The van der Waals surface area contributed by atoms with Gasteiger partial charge < -0.3 is 15.4 Å². The minimum atomic E-state index is -4.49. The predicted molar refractivity (Wildman–Crippen MR) is 112 cm³/mol. The summed E-state index contributed by atoms with van der Waals surface area (Å²) < 4.78 is 48.4. The van der Waals surface area contributed by atoms with Crippen LogP contribution in [0, 0.1) is 0 Å². The molecule has 7 nitrogen and oxygen atoms in total. The fourth-order valence-corrected chi connectivity index (χ4v) is 4.15. The molecule has 11 heteroatoms. The second-order valence-electron chi connectivity index (χ2n) is 7.60. The number of hydrogen-bond acceptors (Lipinski definition) is 5. The smallest absolute Gasteiger partial charge is 0.379 e. The van der Waals surface area contributed by atoms with Crippen LogP contribution in [0.3, 0.4) is 0 Å². The largest absolute Gasteiger partial charge is 0.410 e. The Labute approximate surface area is 186 Å². The van der Waals surface area contributed by atoms with Crippen LogP contribution in [0.2, 0.25) is 0 Å². The maximum absolute atomic E-state index is 13.8. The second kappa shape index (κ2) is 9.17. The van der Waals surface area contributed by atoms with E-state index in [1.165, 1.54) is 6.20 Å². The molecule has 31 heavy (non-hydrogen) atoms. The molecule has 1 amide bonds. The Morgan fingerprint density at radius 1 is 1.26 bits per heavy atom. The maximum Gasteiger partial charge on any atom is 0.410 e. The van der Waals surface area contributed by atoms with Gasteiger partial charge in [-0.1, -0.05) is 28.1 Å². The number of halogens is 4. The molecule has 0 aliphatic carbocycles. The average molecular weight is 502 g/mol. The Bertz CT molecular complexity index is 913. The van der Waals surface area contributed by atoms with Gasteiger partial charge in [0.2, 0.25) is 0 Å². The zero-order valence-electron chi connectivity index (χ0n) is 16.7. The molecule has 2 N–H and O–H groups in total. The Morgan fingerprint density at radius 3 is 2.65 bits per heavy atom. The molecule has 0 radical (unpaired) electrons. The van der Waals surface area contributed by atoms with Gasteiger partial charge >= 0.3 is 6.18 Å². The number of rotatable bonds is 5. The summed E-state index contributed by atoms with van der Waals surface area (Å²) in [5.41, 5.74) is 0.821. The zero-order chi connectivity index (χ0) is 22.0. The minimum absolute atomic E-state index is 0.0883. The van der Waals surface area contributed by atoms with E-state index in [1.54, 1.807) is 24.3 Å². The fourth-order valence-electron chi connectivity index (χ4n) is 3.89. The molecule has 0 unspecified atom stereocenters. The summed E-state index contributed by atoms with van der Waals surface area (Å²) in [7, 11) is 0. The number of aromatic nitrogens is 2. The van der Waals surface area contributed by atoms with E-state index >= 15 is 0 Å². The van der Waals surface area contributed by atoms with Crippen molar-refractivity contribution in [1.82, 2.24) is 20.0 Å². The molecular weight excluding hydrogens is 479 g/mol. The lowest BCUT2D eigenvalue weighted by Crippen LogP contribution is -2.41. The predicted octanol–water partition coefficient (Wildman–Crippen LogP) is 3.37.